The number of rotatable bonds is 4. The van der Waals surface area contributed by atoms with E-state index in [-0.39, 0.29) is 35.9 Å². The van der Waals surface area contributed by atoms with Crippen molar-refractivity contribution in [2.24, 2.45) is 0 Å². The van der Waals surface area contributed by atoms with Crippen LogP contribution in [0.5, 0.6) is 5.88 Å². The highest BCUT2D eigenvalue weighted by molar-refractivity contribution is 5.81. The molecule has 4 atom stereocenters. The van der Waals surface area contributed by atoms with Crippen LogP contribution < -0.4 is 9.64 Å². The lowest BCUT2D eigenvalue weighted by Crippen LogP contribution is -2.36. The highest BCUT2D eigenvalue weighted by Gasteiger charge is 2.48. The zero-order chi connectivity index (χ0) is 23.4. The van der Waals surface area contributed by atoms with Crippen molar-refractivity contribution in [2.45, 2.75) is 24.4 Å². The molecule has 3 aliphatic rings. The second-order valence-electron chi connectivity index (χ2n) is 8.56. The Morgan fingerprint density at radius 3 is 2.53 bits per heavy atom. The maximum atomic E-state index is 15.2. The number of benzene rings is 1. The van der Waals surface area contributed by atoms with Crippen molar-refractivity contribution in [3.05, 3.63) is 41.7 Å². The highest BCUT2D eigenvalue weighted by Crippen LogP contribution is 2.35. The Labute approximate surface area is 192 Å². The van der Waals surface area contributed by atoms with Gasteiger partial charge in [-0.25, -0.2) is 13.8 Å². The van der Waals surface area contributed by atoms with Crippen LogP contribution in [0.4, 0.5) is 18.9 Å². The lowest BCUT2D eigenvalue weighted by atomic mass is 10.1. The number of hydrogen-bond acceptors (Lipinski definition) is 7. The Hall–Kier alpha value is -2.86. The lowest BCUT2D eigenvalue weighted by molar-refractivity contribution is 0.00723. The number of aromatic amines is 1. The van der Waals surface area contributed by atoms with Crippen LogP contribution in [-0.4, -0.2) is 79.0 Å². The molecule has 0 amide bonds. The molecule has 0 bridgehead atoms. The van der Waals surface area contributed by atoms with Gasteiger partial charge in [0.25, 0.3) is 0 Å². The number of aliphatic hydroxyl groups excluding tert-OH is 1. The topological polar surface area (TPSA) is 89.1 Å². The first kappa shape index (κ1) is 21.7. The van der Waals surface area contributed by atoms with Gasteiger partial charge < -0.3 is 33.9 Å². The molecule has 8 nitrogen and oxygen atoms in total. The summed E-state index contributed by atoms with van der Waals surface area (Å²) in [5.74, 6) is -2.54. The van der Waals surface area contributed by atoms with Gasteiger partial charge in [0.05, 0.1) is 43.2 Å². The summed E-state index contributed by atoms with van der Waals surface area (Å²) in [4.78, 5) is 8.83. The summed E-state index contributed by atoms with van der Waals surface area (Å²) < 4.78 is 67.1. The van der Waals surface area contributed by atoms with E-state index >= 15 is 4.39 Å². The third kappa shape index (κ3) is 3.59. The number of H-pyrrole nitrogens is 1. The fourth-order valence-electron chi connectivity index (χ4n) is 4.74. The Balaban J connectivity index is 1.29. The van der Waals surface area contributed by atoms with Crippen molar-refractivity contribution in [2.75, 3.05) is 44.4 Å². The summed E-state index contributed by atoms with van der Waals surface area (Å²) in [6.45, 7) is 2.31. The fourth-order valence-corrected chi connectivity index (χ4v) is 4.74. The maximum absolute atomic E-state index is 15.2. The molecule has 3 fully saturated rings. The zero-order valence-corrected chi connectivity index (χ0v) is 18.0. The Kier molecular flexibility index (Phi) is 5.36. The summed E-state index contributed by atoms with van der Waals surface area (Å²) in [6.07, 6.45) is -2.41. The van der Waals surface area contributed by atoms with Gasteiger partial charge >= 0.3 is 0 Å². The van der Waals surface area contributed by atoms with Gasteiger partial charge in [-0.2, -0.15) is 4.39 Å². The molecule has 11 heteroatoms. The largest absolute Gasteiger partial charge is 0.468 e. The third-order valence-corrected chi connectivity index (χ3v) is 6.46. The molecule has 0 saturated carbocycles. The monoisotopic (exact) mass is 477 g/mol. The molecule has 2 aromatic heterocycles. The average molecular weight is 477 g/mol. The number of morpholine rings is 1. The number of nitrogens with one attached hydrogen (secondary N) is 1. The molecule has 6 rings (SSSR count). The van der Waals surface area contributed by atoms with Crippen LogP contribution in [0.25, 0.3) is 22.3 Å². The van der Waals surface area contributed by atoms with Crippen LogP contribution in [0.1, 0.15) is 0 Å². The second kappa shape index (κ2) is 8.42. The first-order valence-corrected chi connectivity index (χ1v) is 11.1. The molecule has 2 N–H and O–H groups in total. The smallest absolute Gasteiger partial charge is 0.231 e. The van der Waals surface area contributed by atoms with Crippen molar-refractivity contribution in [1.29, 1.82) is 0 Å². The third-order valence-electron chi connectivity index (χ3n) is 6.46. The van der Waals surface area contributed by atoms with Crippen molar-refractivity contribution in [1.82, 2.24) is 9.97 Å². The molecule has 3 aromatic rings. The van der Waals surface area contributed by atoms with E-state index in [1.807, 2.05) is 4.90 Å². The minimum absolute atomic E-state index is 0.0352. The molecular formula is C23H22F3N3O5. The van der Waals surface area contributed by atoms with Gasteiger partial charge in [0, 0.05) is 18.8 Å². The van der Waals surface area contributed by atoms with Gasteiger partial charge in [0.15, 0.2) is 6.10 Å². The summed E-state index contributed by atoms with van der Waals surface area (Å²) in [7, 11) is 0. The van der Waals surface area contributed by atoms with Crippen molar-refractivity contribution < 1.29 is 37.2 Å². The van der Waals surface area contributed by atoms with E-state index in [0.717, 1.165) is 0 Å². The SMILES string of the molecule is O[C@@H]1CO[C@H]2[C@@H]1OC[C@H]2Oc1[nH]c2ccc(-c3c(F)cc(N4CCOCC4)cc3F)nc2c1F. The quantitative estimate of drug-likeness (QED) is 0.597. The van der Waals surface area contributed by atoms with Crippen LogP contribution in [0.2, 0.25) is 0 Å². The molecule has 0 radical (unpaired) electrons. The Bertz CT molecular complexity index is 1210. The van der Waals surface area contributed by atoms with Crippen molar-refractivity contribution in [3.8, 4) is 17.1 Å². The Morgan fingerprint density at radius 1 is 1.03 bits per heavy atom. The first-order chi connectivity index (χ1) is 16.5. The van der Waals surface area contributed by atoms with Crippen LogP contribution in [0, 0.1) is 17.5 Å². The normalized spacial score (nSPS) is 26.9. The van der Waals surface area contributed by atoms with Crippen LogP contribution in [0.3, 0.4) is 0 Å². The van der Waals surface area contributed by atoms with Gasteiger partial charge in [0.1, 0.15) is 35.5 Å². The molecule has 3 aliphatic heterocycles. The van der Waals surface area contributed by atoms with Crippen LogP contribution in [-0.2, 0) is 14.2 Å². The molecule has 0 unspecified atom stereocenters. The minimum atomic E-state index is -0.787. The van der Waals surface area contributed by atoms with Gasteiger partial charge in [-0.3, -0.25) is 0 Å². The molecular weight excluding hydrogens is 455 g/mol. The van der Waals surface area contributed by atoms with E-state index in [9.17, 15) is 13.9 Å². The number of anilines is 1. The van der Waals surface area contributed by atoms with E-state index in [1.54, 1.807) is 0 Å². The van der Waals surface area contributed by atoms with E-state index in [2.05, 4.69) is 9.97 Å². The molecule has 5 heterocycles. The number of hydrogen-bond donors (Lipinski definition) is 2. The number of ether oxygens (including phenoxy) is 4. The zero-order valence-electron chi connectivity index (χ0n) is 18.0. The number of aromatic nitrogens is 2. The standard InChI is InChI=1S/C23H22F3N3O5/c24-12-7-11(29-3-5-31-6-4-29)8-13(25)18(12)14-1-2-15-20(27-14)19(26)23(28-15)34-17-10-33-21-16(30)9-32-22(17)21/h1-2,7-8,16-17,21-22,28,30H,3-6,9-10H2/t16-,17-,21-,22-/m1/s1. The molecule has 3 saturated heterocycles. The number of pyridine rings is 1. The second-order valence-corrected chi connectivity index (χ2v) is 8.56. The average Bonchev–Trinajstić information content (AvgIpc) is 3.50. The predicted octanol–water partition coefficient (Wildman–Crippen LogP) is 2.39. The number of aliphatic hydroxyl groups is 1. The molecule has 0 aliphatic carbocycles. The summed E-state index contributed by atoms with van der Waals surface area (Å²) >= 11 is 0. The summed E-state index contributed by atoms with van der Waals surface area (Å²) in [5.41, 5.74) is 0.258. The lowest BCUT2D eigenvalue weighted by Gasteiger charge is -2.29. The summed E-state index contributed by atoms with van der Waals surface area (Å²) in [6, 6.07) is 5.42. The van der Waals surface area contributed by atoms with Gasteiger partial charge in [-0.05, 0) is 24.3 Å². The van der Waals surface area contributed by atoms with Gasteiger partial charge in [-0.1, -0.05) is 0 Å². The molecule has 0 spiro atoms. The minimum Gasteiger partial charge on any atom is -0.468 e. The van der Waals surface area contributed by atoms with Crippen molar-refractivity contribution in [3.63, 3.8) is 0 Å². The van der Waals surface area contributed by atoms with E-state index in [0.29, 0.717) is 37.5 Å². The van der Waals surface area contributed by atoms with Gasteiger partial charge in [0.2, 0.25) is 11.7 Å². The van der Waals surface area contributed by atoms with E-state index < -0.39 is 41.9 Å². The van der Waals surface area contributed by atoms with Crippen LogP contribution in [0.15, 0.2) is 24.3 Å². The van der Waals surface area contributed by atoms with E-state index in [4.69, 9.17) is 18.9 Å². The number of fused-ring (bicyclic) bond motifs is 2. The predicted molar refractivity (Wildman–Crippen MR) is 114 cm³/mol. The van der Waals surface area contributed by atoms with Gasteiger partial charge in [-0.15, -0.1) is 0 Å². The maximum Gasteiger partial charge on any atom is 0.231 e. The number of nitrogens with zero attached hydrogens (tertiary/aromatic N) is 2. The van der Waals surface area contributed by atoms with Crippen LogP contribution >= 0.6 is 0 Å². The number of halogens is 3. The molecule has 1 aromatic carbocycles. The summed E-state index contributed by atoms with van der Waals surface area (Å²) in [5, 5.41) is 9.86. The van der Waals surface area contributed by atoms with Crippen molar-refractivity contribution >= 4 is 16.7 Å². The fraction of sp³-hybridized carbons (Fsp3) is 0.435. The highest BCUT2D eigenvalue weighted by atomic mass is 19.1. The molecule has 34 heavy (non-hydrogen) atoms. The first-order valence-electron chi connectivity index (χ1n) is 11.1. The Morgan fingerprint density at radius 2 is 1.76 bits per heavy atom. The van der Waals surface area contributed by atoms with E-state index in [1.165, 1.54) is 24.3 Å². The molecule has 180 valence electrons.